The Balaban J connectivity index is 3.47. The maximum Gasteiger partial charge on any atom is 0.337 e. The smallest absolute Gasteiger partial charge is 0.337 e. The predicted molar refractivity (Wildman–Crippen MR) is 51.0 cm³/mol. The second kappa shape index (κ2) is 3.75. The molecule has 0 aliphatic rings. The van der Waals surface area contributed by atoms with E-state index >= 15 is 0 Å². The normalized spacial score (nSPS) is 9.86. The number of carboxylic acids is 1. The lowest BCUT2D eigenvalue weighted by Crippen LogP contribution is -1.99. The van der Waals surface area contributed by atoms with E-state index in [1.807, 2.05) is 0 Å². The standard InChI is InChI=1S/C8H7BrO5/c1-14-7-4(10)2-3(8(12)13)5(9)6(7)11/h2,10-11H,1H3,(H,12,13). The molecule has 0 heterocycles. The van der Waals surface area contributed by atoms with Crippen molar-refractivity contribution >= 4 is 21.9 Å². The number of aromatic hydroxyl groups is 2. The van der Waals surface area contributed by atoms with Gasteiger partial charge in [0, 0.05) is 0 Å². The highest BCUT2D eigenvalue weighted by Crippen LogP contribution is 2.43. The van der Waals surface area contributed by atoms with E-state index in [-0.39, 0.29) is 15.8 Å². The summed E-state index contributed by atoms with van der Waals surface area (Å²) in [7, 11) is 1.25. The first-order valence-corrected chi connectivity index (χ1v) is 4.30. The van der Waals surface area contributed by atoms with Gasteiger partial charge >= 0.3 is 5.97 Å². The number of carboxylic acid groups (broad SMARTS) is 1. The monoisotopic (exact) mass is 262 g/mol. The van der Waals surface area contributed by atoms with Gasteiger partial charge in [-0.3, -0.25) is 0 Å². The Bertz CT molecular complexity index is 388. The van der Waals surface area contributed by atoms with E-state index < -0.39 is 17.5 Å². The number of hydrogen-bond acceptors (Lipinski definition) is 4. The van der Waals surface area contributed by atoms with Gasteiger partial charge in [-0.2, -0.15) is 0 Å². The zero-order valence-electron chi connectivity index (χ0n) is 7.11. The van der Waals surface area contributed by atoms with Crippen LogP contribution < -0.4 is 4.74 Å². The van der Waals surface area contributed by atoms with Crippen molar-refractivity contribution in [3.8, 4) is 17.2 Å². The molecule has 1 rings (SSSR count). The average Bonchev–Trinajstić information content (AvgIpc) is 2.12. The summed E-state index contributed by atoms with van der Waals surface area (Å²) in [5.41, 5.74) is -0.235. The van der Waals surface area contributed by atoms with Gasteiger partial charge in [0.25, 0.3) is 0 Å². The summed E-state index contributed by atoms with van der Waals surface area (Å²) in [6.45, 7) is 0. The second-order valence-corrected chi connectivity index (χ2v) is 3.24. The minimum Gasteiger partial charge on any atom is -0.504 e. The van der Waals surface area contributed by atoms with Crippen LogP contribution in [0, 0.1) is 0 Å². The maximum absolute atomic E-state index is 10.6. The largest absolute Gasteiger partial charge is 0.504 e. The summed E-state index contributed by atoms with van der Waals surface area (Å²) < 4.78 is 4.64. The van der Waals surface area contributed by atoms with Crippen LogP contribution >= 0.6 is 15.9 Å². The van der Waals surface area contributed by atoms with E-state index in [0.717, 1.165) is 6.07 Å². The van der Waals surface area contributed by atoms with Crippen LogP contribution in [0.1, 0.15) is 10.4 Å². The zero-order valence-corrected chi connectivity index (χ0v) is 8.70. The number of benzene rings is 1. The molecule has 0 atom stereocenters. The third-order valence-corrected chi connectivity index (χ3v) is 2.41. The molecule has 0 aromatic heterocycles. The van der Waals surface area contributed by atoms with E-state index in [0.29, 0.717) is 0 Å². The molecule has 76 valence electrons. The summed E-state index contributed by atoms with van der Waals surface area (Å²) >= 11 is 2.88. The van der Waals surface area contributed by atoms with Gasteiger partial charge in [-0.15, -0.1) is 0 Å². The van der Waals surface area contributed by atoms with Gasteiger partial charge < -0.3 is 20.1 Å². The van der Waals surface area contributed by atoms with Crippen molar-refractivity contribution in [2.75, 3.05) is 7.11 Å². The number of rotatable bonds is 2. The van der Waals surface area contributed by atoms with Gasteiger partial charge in [0.15, 0.2) is 11.5 Å². The molecule has 1 aromatic rings. The molecular formula is C8H7BrO5. The predicted octanol–water partition coefficient (Wildman–Crippen LogP) is 1.57. The van der Waals surface area contributed by atoms with Crippen LogP contribution in [-0.4, -0.2) is 28.4 Å². The van der Waals surface area contributed by atoms with Crippen molar-refractivity contribution in [3.63, 3.8) is 0 Å². The molecule has 0 aliphatic heterocycles. The molecule has 0 radical (unpaired) electrons. The molecule has 5 nitrogen and oxygen atoms in total. The fourth-order valence-corrected chi connectivity index (χ4v) is 1.44. The first-order chi connectivity index (χ1) is 6.49. The van der Waals surface area contributed by atoms with Crippen LogP contribution in [0.4, 0.5) is 0 Å². The lowest BCUT2D eigenvalue weighted by Gasteiger charge is -2.09. The van der Waals surface area contributed by atoms with E-state index in [1.54, 1.807) is 0 Å². The highest BCUT2D eigenvalue weighted by molar-refractivity contribution is 9.10. The SMILES string of the molecule is COc1c(O)cc(C(=O)O)c(Br)c1O. The third-order valence-electron chi connectivity index (χ3n) is 1.61. The zero-order chi connectivity index (χ0) is 10.9. The minimum absolute atomic E-state index is 0.0281. The number of methoxy groups -OCH3 is 1. The molecule has 0 aliphatic carbocycles. The molecule has 0 saturated carbocycles. The number of hydrogen-bond donors (Lipinski definition) is 3. The molecule has 1 aromatic carbocycles. The molecule has 0 saturated heterocycles. The number of phenolic OH excluding ortho intramolecular Hbond substituents is 2. The summed E-state index contributed by atoms with van der Waals surface area (Å²) in [5.74, 6) is -2.29. The summed E-state index contributed by atoms with van der Waals surface area (Å²) in [4.78, 5) is 10.6. The fraction of sp³-hybridized carbons (Fsp3) is 0.125. The van der Waals surface area contributed by atoms with Crippen LogP contribution in [0.25, 0.3) is 0 Å². The molecule has 0 unspecified atom stereocenters. The Morgan fingerprint density at radius 1 is 1.50 bits per heavy atom. The first kappa shape index (κ1) is 10.6. The molecule has 0 bridgehead atoms. The Hall–Kier alpha value is -1.43. The van der Waals surface area contributed by atoms with Crippen molar-refractivity contribution in [3.05, 3.63) is 16.1 Å². The highest BCUT2D eigenvalue weighted by Gasteiger charge is 2.19. The average molecular weight is 263 g/mol. The van der Waals surface area contributed by atoms with Crippen molar-refractivity contribution in [2.24, 2.45) is 0 Å². The van der Waals surface area contributed by atoms with Gasteiger partial charge in [0.05, 0.1) is 17.1 Å². The van der Waals surface area contributed by atoms with Gasteiger partial charge in [-0.25, -0.2) is 4.79 Å². The number of phenols is 2. The van der Waals surface area contributed by atoms with Gasteiger partial charge in [0.1, 0.15) is 0 Å². The van der Waals surface area contributed by atoms with Gasteiger partial charge in [-0.1, -0.05) is 0 Å². The number of carbonyl (C=O) groups is 1. The molecule has 3 N–H and O–H groups in total. The number of aromatic carboxylic acids is 1. The van der Waals surface area contributed by atoms with E-state index in [9.17, 15) is 15.0 Å². The molecule has 0 fully saturated rings. The van der Waals surface area contributed by atoms with E-state index in [4.69, 9.17) is 5.11 Å². The Labute approximate surface area is 87.7 Å². The summed E-state index contributed by atoms with van der Waals surface area (Å²) in [5, 5.41) is 27.4. The van der Waals surface area contributed by atoms with Gasteiger partial charge in [0.2, 0.25) is 5.75 Å². The molecule has 0 spiro atoms. The topological polar surface area (TPSA) is 87.0 Å². The molecular weight excluding hydrogens is 256 g/mol. The highest BCUT2D eigenvalue weighted by atomic mass is 79.9. The summed E-state index contributed by atoms with van der Waals surface area (Å²) in [6.07, 6.45) is 0. The van der Waals surface area contributed by atoms with Crippen molar-refractivity contribution in [1.29, 1.82) is 0 Å². The van der Waals surface area contributed by atoms with Crippen molar-refractivity contribution in [2.45, 2.75) is 0 Å². The Kier molecular flexibility index (Phi) is 2.85. The quantitative estimate of drug-likeness (QED) is 0.753. The third kappa shape index (κ3) is 1.60. The Morgan fingerprint density at radius 3 is 2.50 bits per heavy atom. The lowest BCUT2D eigenvalue weighted by molar-refractivity contribution is 0.0694. The van der Waals surface area contributed by atoms with Crippen LogP contribution in [0.5, 0.6) is 17.2 Å². The molecule has 6 heteroatoms. The van der Waals surface area contributed by atoms with Crippen LogP contribution in [0.3, 0.4) is 0 Å². The lowest BCUT2D eigenvalue weighted by atomic mass is 10.2. The van der Waals surface area contributed by atoms with Crippen LogP contribution in [0.2, 0.25) is 0 Å². The Morgan fingerprint density at radius 2 is 2.07 bits per heavy atom. The van der Waals surface area contributed by atoms with Crippen molar-refractivity contribution in [1.82, 2.24) is 0 Å². The fourth-order valence-electron chi connectivity index (χ4n) is 0.971. The first-order valence-electron chi connectivity index (χ1n) is 3.50. The maximum atomic E-state index is 10.6. The minimum atomic E-state index is -1.26. The molecule has 0 amide bonds. The van der Waals surface area contributed by atoms with E-state index in [1.165, 1.54) is 7.11 Å². The van der Waals surface area contributed by atoms with E-state index in [2.05, 4.69) is 20.7 Å². The molecule has 14 heavy (non-hydrogen) atoms. The second-order valence-electron chi connectivity index (χ2n) is 2.44. The van der Waals surface area contributed by atoms with Crippen molar-refractivity contribution < 1.29 is 24.9 Å². The summed E-state index contributed by atoms with van der Waals surface area (Å²) in [6, 6.07) is 0.991. The number of ether oxygens (including phenoxy) is 1. The van der Waals surface area contributed by atoms with Crippen LogP contribution in [0.15, 0.2) is 10.5 Å². The van der Waals surface area contributed by atoms with Gasteiger partial charge in [-0.05, 0) is 22.0 Å². The van der Waals surface area contributed by atoms with Crippen LogP contribution in [-0.2, 0) is 0 Å². The number of halogens is 1.